The number of nitrogens with one attached hydrogen (secondary N) is 2. The summed E-state index contributed by atoms with van der Waals surface area (Å²) in [6, 6.07) is 17.2. The molecule has 1 aliphatic carbocycles. The summed E-state index contributed by atoms with van der Waals surface area (Å²) in [4.78, 5) is 38.8. The highest BCUT2D eigenvalue weighted by molar-refractivity contribution is 7.14. The molecule has 0 spiro atoms. The van der Waals surface area contributed by atoms with Gasteiger partial charge in [-0.3, -0.25) is 25.2 Å². The fourth-order valence-corrected chi connectivity index (χ4v) is 4.37. The summed E-state index contributed by atoms with van der Waals surface area (Å²) >= 11 is 1.48. The molecule has 0 saturated carbocycles. The van der Waals surface area contributed by atoms with Gasteiger partial charge < -0.3 is 0 Å². The quantitative estimate of drug-likeness (QED) is 0.528. The van der Waals surface area contributed by atoms with E-state index in [4.69, 9.17) is 0 Å². The summed E-state index contributed by atoms with van der Waals surface area (Å²) in [6.45, 7) is 0. The number of carbonyl (C=O) groups is 3. The molecule has 4 rings (SSSR count). The minimum atomic E-state index is -0.434. The highest BCUT2D eigenvalue weighted by Gasteiger charge is 2.19. The zero-order chi connectivity index (χ0) is 19.5. The van der Waals surface area contributed by atoms with Crippen molar-refractivity contribution in [2.75, 3.05) is 0 Å². The van der Waals surface area contributed by atoms with E-state index in [1.807, 2.05) is 12.1 Å². The first-order valence-electron chi connectivity index (χ1n) is 9.04. The van der Waals surface area contributed by atoms with Crippen molar-refractivity contribution in [3.05, 3.63) is 92.7 Å². The van der Waals surface area contributed by atoms with Crippen LogP contribution in [0.1, 0.15) is 52.8 Å². The molecular weight excluding hydrogens is 372 g/mol. The van der Waals surface area contributed by atoms with Crippen molar-refractivity contribution in [1.29, 1.82) is 0 Å². The van der Waals surface area contributed by atoms with Crippen molar-refractivity contribution in [3.8, 4) is 0 Å². The number of thiophene rings is 1. The van der Waals surface area contributed by atoms with Crippen LogP contribution in [0.2, 0.25) is 0 Å². The van der Waals surface area contributed by atoms with Crippen molar-refractivity contribution < 1.29 is 14.4 Å². The van der Waals surface area contributed by atoms with Crippen molar-refractivity contribution in [1.82, 2.24) is 10.9 Å². The van der Waals surface area contributed by atoms with E-state index >= 15 is 0 Å². The highest BCUT2D eigenvalue weighted by atomic mass is 32.1. The summed E-state index contributed by atoms with van der Waals surface area (Å²) in [5.74, 6) is -0.855. The lowest BCUT2D eigenvalue weighted by Crippen LogP contribution is -2.41. The molecule has 0 fully saturated rings. The number of fused-ring (bicyclic) bond motifs is 1. The predicted octanol–water partition coefficient (Wildman–Crippen LogP) is 3.54. The largest absolute Gasteiger partial charge is 0.289 e. The van der Waals surface area contributed by atoms with Crippen molar-refractivity contribution in [2.24, 2.45) is 0 Å². The van der Waals surface area contributed by atoms with Gasteiger partial charge in [-0.25, -0.2) is 0 Å². The van der Waals surface area contributed by atoms with Gasteiger partial charge in [0.15, 0.2) is 5.78 Å². The van der Waals surface area contributed by atoms with Crippen LogP contribution in [0.3, 0.4) is 0 Å². The normalized spacial score (nSPS) is 12.3. The Hall–Kier alpha value is -3.25. The van der Waals surface area contributed by atoms with Gasteiger partial charge in [-0.1, -0.05) is 42.5 Å². The molecule has 0 saturated heterocycles. The van der Waals surface area contributed by atoms with Crippen molar-refractivity contribution in [3.63, 3.8) is 0 Å². The molecule has 1 aliphatic rings. The average Bonchev–Trinajstić information content (AvgIpc) is 3.34. The van der Waals surface area contributed by atoms with E-state index in [2.05, 4.69) is 10.9 Å². The molecule has 1 heterocycles. The van der Waals surface area contributed by atoms with Crippen LogP contribution in [0.4, 0.5) is 0 Å². The molecule has 2 aromatic carbocycles. The van der Waals surface area contributed by atoms with Crippen LogP contribution in [0, 0.1) is 0 Å². The summed E-state index contributed by atoms with van der Waals surface area (Å²) < 4.78 is 0. The zero-order valence-corrected chi connectivity index (χ0v) is 15.8. The summed E-state index contributed by atoms with van der Waals surface area (Å²) in [5.41, 5.74) is 7.57. The fourth-order valence-electron chi connectivity index (χ4n) is 3.22. The van der Waals surface area contributed by atoms with Crippen LogP contribution >= 0.6 is 11.3 Å². The molecule has 0 bridgehead atoms. The number of hydrazine groups is 1. The summed E-state index contributed by atoms with van der Waals surface area (Å²) in [6.07, 6.45) is 3.18. The molecule has 28 heavy (non-hydrogen) atoms. The lowest BCUT2D eigenvalue weighted by Gasteiger charge is -2.07. The minimum absolute atomic E-state index is 0.105. The molecule has 3 aromatic rings. The number of carbonyl (C=O) groups excluding carboxylic acids is 3. The second-order valence-corrected chi connectivity index (χ2v) is 7.73. The van der Waals surface area contributed by atoms with Crippen LogP contribution in [0.25, 0.3) is 0 Å². The number of rotatable bonds is 4. The molecule has 0 radical (unpaired) electrons. The molecule has 2 amide bonds. The molecule has 1 aromatic heterocycles. The van der Waals surface area contributed by atoms with Gasteiger partial charge in [0.05, 0.1) is 4.88 Å². The van der Waals surface area contributed by atoms with E-state index in [1.54, 1.807) is 48.5 Å². The topological polar surface area (TPSA) is 75.3 Å². The number of amides is 2. The lowest BCUT2D eigenvalue weighted by molar-refractivity contribution is 0.0849. The Morgan fingerprint density at radius 2 is 1.39 bits per heavy atom. The third-order valence-electron chi connectivity index (χ3n) is 4.71. The van der Waals surface area contributed by atoms with Crippen LogP contribution in [-0.4, -0.2) is 17.6 Å². The van der Waals surface area contributed by atoms with Crippen molar-refractivity contribution >= 4 is 28.9 Å². The number of benzene rings is 2. The van der Waals surface area contributed by atoms with Gasteiger partial charge in [0, 0.05) is 21.6 Å². The maximum atomic E-state index is 12.4. The van der Waals surface area contributed by atoms with Gasteiger partial charge in [-0.2, -0.15) is 0 Å². The van der Waals surface area contributed by atoms with Crippen LogP contribution in [0.5, 0.6) is 0 Å². The fraction of sp³-hybridized carbons (Fsp3) is 0.136. The maximum absolute atomic E-state index is 12.4. The molecule has 0 aliphatic heterocycles. The minimum Gasteiger partial charge on any atom is -0.289 e. The van der Waals surface area contributed by atoms with Gasteiger partial charge in [-0.15, -0.1) is 11.3 Å². The number of hydrogen-bond donors (Lipinski definition) is 2. The first-order chi connectivity index (χ1) is 13.6. The molecule has 5 nitrogen and oxygen atoms in total. The molecule has 0 unspecified atom stereocenters. The zero-order valence-electron chi connectivity index (χ0n) is 15.0. The second-order valence-electron chi connectivity index (χ2n) is 6.59. The van der Waals surface area contributed by atoms with Crippen LogP contribution in [-0.2, 0) is 12.8 Å². The molecule has 140 valence electrons. The molecule has 0 atom stereocenters. The van der Waals surface area contributed by atoms with E-state index in [0.717, 1.165) is 19.3 Å². The Labute approximate surface area is 166 Å². The van der Waals surface area contributed by atoms with Gasteiger partial charge in [0.2, 0.25) is 0 Å². The Kier molecular flexibility index (Phi) is 5.04. The van der Waals surface area contributed by atoms with E-state index in [-0.39, 0.29) is 11.7 Å². The Balaban J connectivity index is 1.37. The number of ketones is 1. The smallest absolute Gasteiger partial charge is 0.279 e. The predicted molar refractivity (Wildman–Crippen MR) is 108 cm³/mol. The van der Waals surface area contributed by atoms with E-state index in [9.17, 15) is 14.4 Å². The number of hydrogen-bond acceptors (Lipinski definition) is 4. The Morgan fingerprint density at radius 1 is 0.750 bits per heavy atom. The third-order valence-corrected chi connectivity index (χ3v) is 5.94. The maximum Gasteiger partial charge on any atom is 0.279 e. The second kappa shape index (κ2) is 7.78. The molecule has 2 N–H and O–H groups in total. The van der Waals surface area contributed by atoms with Crippen LogP contribution in [0.15, 0.2) is 60.7 Å². The standard InChI is InChI=1S/C22H18N2O3S/c25-20(14-5-2-1-3-6-14)15-9-11-16(12-10-15)21(26)23-24-22(27)19-13-17-7-4-8-18(17)28-19/h1-3,5-6,9-13H,4,7-8H2,(H,23,26)(H,24,27). The average molecular weight is 390 g/mol. The first kappa shape index (κ1) is 18.1. The first-order valence-corrected chi connectivity index (χ1v) is 9.85. The molecule has 6 heteroatoms. The number of aryl methyl sites for hydroxylation is 2. The van der Waals surface area contributed by atoms with E-state index in [1.165, 1.54) is 21.8 Å². The summed E-state index contributed by atoms with van der Waals surface area (Å²) in [5, 5.41) is 0. The van der Waals surface area contributed by atoms with E-state index in [0.29, 0.717) is 21.6 Å². The van der Waals surface area contributed by atoms with Gasteiger partial charge in [0.1, 0.15) is 0 Å². The van der Waals surface area contributed by atoms with E-state index < -0.39 is 5.91 Å². The third kappa shape index (κ3) is 3.73. The SMILES string of the molecule is O=C(NNC(=O)c1cc2c(s1)CCC2)c1ccc(C(=O)c2ccccc2)cc1. The van der Waals surface area contributed by atoms with Crippen molar-refractivity contribution in [2.45, 2.75) is 19.3 Å². The van der Waals surface area contributed by atoms with Crippen LogP contribution < -0.4 is 10.9 Å². The summed E-state index contributed by atoms with van der Waals surface area (Å²) in [7, 11) is 0. The van der Waals surface area contributed by atoms with Gasteiger partial charge >= 0.3 is 0 Å². The Morgan fingerprint density at radius 3 is 2.11 bits per heavy atom. The monoisotopic (exact) mass is 390 g/mol. The van der Waals surface area contributed by atoms with Gasteiger partial charge in [0.25, 0.3) is 11.8 Å². The molecular formula is C22H18N2O3S. The van der Waals surface area contributed by atoms with Gasteiger partial charge in [-0.05, 0) is 43.0 Å². The Bertz CT molecular complexity index is 1020. The highest BCUT2D eigenvalue weighted by Crippen LogP contribution is 2.30. The lowest BCUT2D eigenvalue weighted by atomic mass is 10.0.